The number of hydrogen-bond donors (Lipinski definition) is 2. The number of nitrogens with one attached hydrogen (secondary N) is 1. The molecule has 1 aliphatic heterocycles. The van der Waals surface area contributed by atoms with Crippen molar-refractivity contribution in [1.29, 1.82) is 0 Å². The molecule has 10 heteroatoms. The Labute approximate surface area is 222 Å². The number of nitrogens with zero attached hydrogens (tertiary/aromatic N) is 2. The quantitative estimate of drug-likeness (QED) is 0.442. The number of rotatable bonds is 5. The van der Waals surface area contributed by atoms with E-state index in [0.717, 1.165) is 6.07 Å². The monoisotopic (exact) mass is 543 g/mol. The average Bonchev–Trinajstić information content (AvgIpc) is 3.12. The molecule has 5 rings (SSSR count). The van der Waals surface area contributed by atoms with Gasteiger partial charge in [-0.1, -0.05) is 29.8 Å². The van der Waals surface area contributed by atoms with E-state index in [9.17, 15) is 27.9 Å². The second-order valence-corrected chi connectivity index (χ2v) is 10.3. The molecule has 1 aromatic heterocycles. The highest BCUT2D eigenvalue weighted by Gasteiger charge is 2.53. The number of hydrogen-bond acceptors (Lipinski definition) is 4. The summed E-state index contributed by atoms with van der Waals surface area (Å²) in [6.45, 7) is 1.99. The predicted octanol–water partition coefficient (Wildman–Crippen LogP) is 5.03. The minimum absolute atomic E-state index is 0.0480. The van der Waals surface area contributed by atoms with Crippen LogP contribution in [-0.4, -0.2) is 34.5 Å². The topological polar surface area (TPSA) is 82.5 Å². The zero-order valence-electron chi connectivity index (χ0n) is 20.5. The van der Waals surface area contributed by atoms with Crippen molar-refractivity contribution in [2.45, 2.75) is 44.2 Å². The number of halogens is 4. The van der Waals surface area contributed by atoms with Crippen molar-refractivity contribution >= 4 is 29.1 Å². The van der Waals surface area contributed by atoms with Gasteiger partial charge in [0.05, 0.1) is 22.0 Å². The van der Waals surface area contributed by atoms with Crippen LogP contribution in [0.15, 0.2) is 48.7 Å². The van der Waals surface area contributed by atoms with E-state index in [-0.39, 0.29) is 30.0 Å². The van der Waals surface area contributed by atoms with Crippen LogP contribution in [0.5, 0.6) is 0 Å². The normalized spacial score (nSPS) is 22.9. The smallest absolute Gasteiger partial charge is 0.268 e. The van der Waals surface area contributed by atoms with E-state index in [1.54, 1.807) is 31.2 Å². The Kier molecular flexibility index (Phi) is 6.92. The van der Waals surface area contributed by atoms with Crippen LogP contribution in [0.2, 0.25) is 5.02 Å². The van der Waals surface area contributed by atoms with E-state index >= 15 is 0 Å². The van der Waals surface area contributed by atoms with E-state index in [1.165, 1.54) is 17.2 Å². The maximum absolute atomic E-state index is 14.7. The summed E-state index contributed by atoms with van der Waals surface area (Å²) in [5.41, 5.74) is -1.61. The summed E-state index contributed by atoms with van der Waals surface area (Å²) < 4.78 is 42.3. The third-order valence-electron chi connectivity index (χ3n) is 7.49. The molecule has 1 atom stereocenters. The molecule has 2 aliphatic rings. The molecule has 38 heavy (non-hydrogen) atoms. The van der Waals surface area contributed by atoms with Crippen LogP contribution in [0, 0.1) is 30.3 Å². The lowest BCUT2D eigenvalue weighted by Crippen LogP contribution is -2.45. The average molecular weight is 544 g/mol. The third-order valence-corrected chi connectivity index (χ3v) is 7.69. The number of pyridine rings is 1. The lowest BCUT2D eigenvalue weighted by atomic mass is 9.85. The van der Waals surface area contributed by atoms with Gasteiger partial charge in [0.25, 0.3) is 11.8 Å². The number of fused-ring (bicyclic) bond motifs is 1. The summed E-state index contributed by atoms with van der Waals surface area (Å²) in [4.78, 5) is 31.8. The molecule has 0 spiro atoms. The van der Waals surface area contributed by atoms with Gasteiger partial charge in [-0.15, -0.1) is 0 Å². The Bertz CT molecular complexity index is 1430. The van der Waals surface area contributed by atoms with Crippen molar-refractivity contribution in [1.82, 2.24) is 10.3 Å². The van der Waals surface area contributed by atoms with Crippen LogP contribution in [0.4, 0.5) is 18.9 Å². The summed E-state index contributed by atoms with van der Waals surface area (Å²) in [6.07, 6.45) is 4.23. The Morgan fingerprint density at radius 1 is 1.11 bits per heavy atom. The number of aryl methyl sites for hydroxylation is 1. The highest BCUT2D eigenvalue weighted by atomic mass is 35.5. The fourth-order valence-corrected chi connectivity index (χ4v) is 5.59. The number of para-hydroxylation sites is 1. The lowest BCUT2D eigenvalue weighted by molar-refractivity contribution is -0.132. The van der Waals surface area contributed by atoms with E-state index in [0.29, 0.717) is 53.7 Å². The molecular formula is C28H25ClF3N3O3. The number of carbonyl (C=O) groups is 2. The Morgan fingerprint density at radius 2 is 1.82 bits per heavy atom. The SMILES string of the molecule is Cc1ncc(Cl)cc1C(=O)NC1CCC(CN2C(=O)C(O)(c3ccc(F)c(F)c3F)c3ccccc32)CC1. The number of benzene rings is 2. The summed E-state index contributed by atoms with van der Waals surface area (Å²) >= 11 is 5.99. The van der Waals surface area contributed by atoms with Gasteiger partial charge in [0.1, 0.15) is 0 Å². The molecule has 1 aliphatic carbocycles. The molecule has 1 unspecified atom stereocenters. The predicted molar refractivity (Wildman–Crippen MR) is 135 cm³/mol. The van der Waals surface area contributed by atoms with Crippen LogP contribution >= 0.6 is 11.6 Å². The van der Waals surface area contributed by atoms with E-state index in [2.05, 4.69) is 10.3 Å². The van der Waals surface area contributed by atoms with Crippen molar-refractivity contribution in [3.63, 3.8) is 0 Å². The maximum Gasteiger partial charge on any atom is 0.268 e. The Morgan fingerprint density at radius 3 is 2.55 bits per heavy atom. The Balaban J connectivity index is 1.30. The number of aromatic nitrogens is 1. The number of amides is 2. The van der Waals surface area contributed by atoms with Crippen molar-refractivity contribution in [2.75, 3.05) is 11.4 Å². The summed E-state index contributed by atoms with van der Waals surface area (Å²) in [7, 11) is 0. The van der Waals surface area contributed by atoms with Crippen molar-refractivity contribution < 1.29 is 27.9 Å². The first-order chi connectivity index (χ1) is 18.1. The molecule has 2 aromatic carbocycles. The van der Waals surface area contributed by atoms with Crippen molar-refractivity contribution in [3.8, 4) is 0 Å². The highest BCUT2D eigenvalue weighted by Crippen LogP contribution is 2.46. The van der Waals surface area contributed by atoms with Crippen LogP contribution in [0.3, 0.4) is 0 Å². The van der Waals surface area contributed by atoms with Gasteiger partial charge in [0.15, 0.2) is 23.1 Å². The molecule has 6 nitrogen and oxygen atoms in total. The van der Waals surface area contributed by atoms with E-state index in [4.69, 9.17) is 11.6 Å². The standard InChI is InChI=1S/C28H25ClF3N3O3/c1-15-19(12-17(29)13-33-15)26(36)34-18-8-6-16(7-9-18)14-35-23-5-3-2-4-20(23)28(38,27(35)37)21-10-11-22(30)25(32)24(21)31/h2-5,10-13,16,18,38H,6-9,14H2,1H3,(H,34,36). The number of aliphatic hydroxyl groups is 1. The van der Waals surface area contributed by atoms with Crippen molar-refractivity contribution in [2.24, 2.45) is 5.92 Å². The summed E-state index contributed by atoms with van der Waals surface area (Å²) in [5, 5.41) is 14.9. The fourth-order valence-electron chi connectivity index (χ4n) is 5.43. The molecule has 0 saturated heterocycles. The van der Waals surface area contributed by atoms with E-state index in [1.807, 2.05) is 0 Å². The molecule has 0 bridgehead atoms. The third kappa shape index (κ3) is 4.43. The summed E-state index contributed by atoms with van der Waals surface area (Å²) in [6, 6.07) is 9.50. The van der Waals surface area contributed by atoms with Gasteiger partial charge in [-0.3, -0.25) is 14.6 Å². The van der Waals surface area contributed by atoms with Crippen LogP contribution in [-0.2, 0) is 10.4 Å². The minimum Gasteiger partial charge on any atom is -0.372 e. The molecule has 2 N–H and O–H groups in total. The second kappa shape index (κ2) is 10.0. The zero-order chi connectivity index (χ0) is 27.2. The van der Waals surface area contributed by atoms with Crippen LogP contribution in [0.25, 0.3) is 0 Å². The van der Waals surface area contributed by atoms with Gasteiger partial charge in [0.2, 0.25) is 0 Å². The molecule has 198 valence electrons. The first kappa shape index (κ1) is 26.2. The van der Waals surface area contributed by atoms with Crippen LogP contribution < -0.4 is 10.2 Å². The van der Waals surface area contributed by atoms with Gasteiger partial charge in [0, 0.05) is 29.9 Å². The molecule has 1 saturated carbocycles. The maximum atomic E-state index is 14.7. The lowest BCUT2D eigenvalue weighted by Gasteiger charge is -2.32. The first-order valence-corrected chi connectivity index (χ1v) is 12.7. The van der Waals surface area contributed by atoms with Crippen molar-refractivity contribution in [3.05, 3.63) is 93.5 Å². The van der Waals surface area contributed by atoms with Gasteiger partial charge in [-0.25, -0.2) is 13.2 Å². The summed E-state index contributed by atoms with van der Waals surface area (Å²) in [5.74, 6) is -5.77. The Hall–Kier alpha value is -3.43. The molecule has 2 heterocycles. The van der Waals surface area contributed by atoms with Gasteiger partial charge in [-0.05, 0) is 62.8 Å². The first-order valence-electron chi connectivity index (χ1n) is 12.3. The number of anilines is 1. The molecular weight excluding hydrogens is 519 g/mol. The van der Waals surface area contributed by atoms with Gasteiger partial charge >= 0.3 is 0 Å². The molecule has 2 amide bonds. The van der Waals surface area contributed by atoms with Crippen LogP contribution in [0.1, 0.15) is 52.9 Å². The molecule has 3 aromatic rings. The highest BCUT2D eigenvalue weighted by molar-refractivity contribution is 6.30. The molecule has 1 fully saturated rings. The number of carbonyl (C=O) groups excluding carboxylic acids is 2. The van der Waals surface area contributed by atoms with Gasteiger partial charge in [-0.2, -0.15) is 0 Å². The second-order valence-electron chi connectivity index (χ2n) is 9.84. The molecule has 0 radical (unpaired) electrons. The largest absolute Gasteiger partial charge is 0.372 e. The van der Waals surface area contributed by atoms with E-state index < -0.39 is 34.5 Å². The minimum atomic E-state index is -2.48. The fraction of sp³-hybridized carbons (Fsp3) is 0.321. The zero-order valence-corrected chi connectivity index (χ0v) is 21.2. The van der Waals surface area contributed by atoms with Gasteiger partial charge < -0.3 is 15.3 Å².